The Hall–Kier alpha value is -1.28. The molecule has 1 heterocycles. The van der Waals surface area contributed by atoms with E-state index in [4.69, 9.17) is 5.73 Å². The third-order valence-electron chi connectivity index (χ3n) is 4.44. The zero-order valence-corrected chi connectivity index (χ0v) is 12.0. The molecule has 1 saturated carbocycles. The summed E-state index contributed by atoms with van der Waals surface area (Å²) in [4.78, 5) is 0. The van der Waals surface area contributed by atoms with Crippen LogP contribution in [0.5, 0.6) is 0 Å². The molecule has 1 aromatic carbocycles. The molecule has 1 aromatic heterocycles. The second-order valence-corrected chi connectivity index (χ2v) is 6.51. The second kappa shape index (κ2) is 4.68. The molecular formula is C17H24N2. The Morgan fingerprint density at radius 2 is 1.84 bits per heavy atom. The van der Waals surface area contributed by atoms with Gasteiger partial charge in [0.2, 0.25) is 0 Å². The molecule has 0 spiro atoms. The van der Waals surface area contributed by atoms with Gasteiger partial charge in [-0.15, -0.1) is 0 Å². The number of benzene rings is 1. The molecule has 1 fully saturated rings. The highest BCUT2D eigenvalue weighted by atomic mass is 15.0. The van der Waals surface area contributed by atoms with Crippen molar-refractivity contribution in [2.24, 2.45) is 5.73 Å². The van der Waals surface area contributed by atoms with E-state index < -0.39 is 0 Å². The fourth-order valence-corrected chi connectivity index (χ4v) is 3.23. The maximum atomic E-state index is 6.24. The van der Waals surface area contributed by atoms with E-state index in [1.807, 2.05) is 0 Å². The molecular weight excluding hydrogens is 232 g/mol. The average molecular weight is 256 g/mol. The summed E-state index contributed by atoms with van der Waals surface area (Å²) in [6, 6.07) is 9.57. The third-order valence-corrected chi connectivity index (χ3v) is 4.44. The molecule has 0 unspecified atom stereocenters. The van der Waals surface area contributed by atoms with Gasteiger partial charge in [-0.05, 0) is 49.8 Å². The summed E-state index contributed by atoms with van der Waals surface area (Å²) in [5.41, 5.74) is 8.54. The van der Waals surface area contributed by atoms with Crippen molar-refractivity contribution in [3.05, 3.63) is 36.0 Å². The maximum absolute atomic E-state index is 6.24. The van der Waals surface area contributed by atoms with Gasteiger partial charge in [-0.3, -0.25) is 0 Å². The molecule has 2 heteroatoms. The van der Waals surface area contributed by atoms with Crippen LogP contribution in [0.3, 0.4) is 0 Å². The predicted octanol–water partition coefficient (Wildman–Crippen LogP) is 4.34. The summed E-state index contributed by atoms with van der Waals surface area (Å²) in [7, 11) is 0. The lowest BCUT2D eigenvalue weighted by molar-refractivity contribution is 0.361. The molecule has 0 aliphatic heterocycles. The Kier molecular flexibility index (Phi) is 3.14. The molecule has 0 bridgehead atoms. The van der Waals surface area contributed by atoms with Gasteiger partial charge in [0.25, 0.3) is 0 Å². The minimum atomic E-state index is -0.268. The summed E-state index contributed by atoms with van der Waals surface area (Å²) in [5.74, 6) is 0. The lowest BCUT2D eigenvalue weighted by atomic mass is 9.93. The van der Waals surface area contributed by atoms with Crippen LogP contribution in [-0.4, -0.2) is 4.57 Å². The van der Waals surface area contributed by atoms with Crippen molar-refractivity contribution in [2.45, 2.75) is 57.5 Å². The van der Waals surface area contributed by atoms with Crippen LogP contribution in [0.4, 0.5) is 0 Å². The molecule has 0 amide bonds. The number of nitrogens with zero attached hydrogens (tertiary/aromatic N) is 1. The van der Waals surface area contributed by atoms with E-state index in [9.17, 15) is 0 Å². The van der Waals surface area contributed by atoms with E-state index in [-0.39, 0.29) is 5.54 Å². The van der Waals surface area contributed by atoms with Gasteiger partial charge in [0.15, 0.2) is 0 Å². The molecule has 0 saturated heterocycles. The first-order valence-electron chi connectivity index (χ1n) is 7.46. The quantitative estimate of drug-likeness (QED) is 0.851. The van der Waals surface area contributed by atoms with E-state index >= 15 is 0 Å². The topological polar surface area (TPSA) is 30.9 Å². The van der Waals surface area contributed by atoms with Crippen molar-refractivity contribution in [3.63, 3.8) is 0 Å². The summed E-state index contributed by atoms with van der Waals surface area (Å²) in [6.07, 6.45) is 9.03. The smallest absolute Gasteiger partial charge is 0.0486 e. The van der Waals surface area contributed by atoms with E-state index in [1.54, 1.807) is 0 Å². The van der Waals surface area contributed by atoms with Gasteiger partial charge in [-0.25, -0.2) is 0 Å². The number of aromatic nitrogens is 1. The summed E-state index contributed by atoms with van der Waals surface area (Å²) in [5, 5.41) is 1.33. The lowest BCUT2D eigenvalue weighted by Gasteiger charge is -2.25. The molecule has 102 valence electrons. The van der Waals surface area contributed by atoms with Gasteiger partial charge >= 0.3 is 0 Å². The Balaban J connectivity index is 2.05. The first kappa shape index (κ1) is 12.7. The molecule has 19 heavy (non-hydrogen) atoms. The van der Waals surface area contributed by atoms with Crippen molar-refractivity contribution in [1.29, 1.82) is 0 Å². The number of nitrogens with two attached hydrogens (primary N) is 1. The van der Waals surface area contributed by atoms with Crippen molar-refractivity contribution >= 4 is 10.9 Å². The Morgan fingerprint density at radius 3 is 2.53 bits per heavy atom. The maximum Gasteiger partial charge on any atom is 0.0486 e. The standard InChI is InChI=1S/C17H24N2/c1-17(2,18)14-9-8-13-10-11-19(16(13)12-14)15-6-4-3-5-7-15/h8-12,15H,3-7,18H2,1-2H3. The predicted molar refractivity (Wildman–Crippen MR) is 81.3 cm³/mol. The molecule has 0 radical (unpaired) electrons. The first-order chi connectivity index (χ1) is 9.05. The highest BCUT2D eigenvalue weighted by Gasteiger charge is 2.19. The monoisotopic (exact) mass is 256 g/mol. The highest BCUT2D eigenvalue weighted by Crippen LogP contribution is 2.32. The summed E-state index contributed by atoms with van der Waals surface area (Å²) in [6.45, 7) is 4.14. The lowest BCUT2D eigenvalue weighted by Crippen LogP contribution is -2.28. The van der Waals surface area contributed by atoms with Crippen molar-refractivity contribution in [2.75, 3.05) is 0 Å². The molecule has 1 aliphatic carbocycles. The van der Waals surface area contributed by atoms with Crippen LogP contribution in [0.15, 0.2) is 30.5 Å². The van der Waals surface area contributed by atoms with Gasteiger partial charge in [0, 0.05) is 23.3 Å². The summed E-state index contributed by atoms with van der Waals surface area (Å²) < 4.78 is 2.48. The van der Waals surface area contributed by atoms with Crippen molar-refractivity contribution in [3.8, 4) is 0 Å². The van der Waals surface area contributed by atoms with E-state index in [2.05, 4.69) is 48.9 Å². The molecule has 3 rings (SSSR count). The first-order valence-corrected chi connectivity index (χ1v) is 7.46. The fourth-order valence-electron chi connectivity index (χ4n) is 3.23. The fraction of sp³-hybridized carbons (Fsp3) is 0.529. The van der Waals surface area contributed by atoms with Crippen LogP contribution < -0.4 is 5.73 Å². The Morgan fingerprint density at radius 1 is 1.11 bits per heavy atom. The zero-order chi connectivity index (χ0) is 13.5. The van der Waals surface area contributed by atoms with Gasteiger partial charge < -0.3 is 10.3 Å². The van der Waals surface area contributed by atoms with E-state index in [1.165, 1.54) is 48.6 Å². The van der Waals surface area contributed by atoms with Crippen molar-refractivity contribution < 1.29 is 0 Å². The SMILES string of the molecule is CC(C)(N)c1ccc2ccn(C3CCCCC3)c2c1. The molecule has 2 nitrogen and oxygen atoms in total. The van der Waals surface area contributed by atoms with Gasteiger partial charge in [-0.2, -0.15) is 0 Å². The van der Waals surface area contributed by atoms with E-state index in [0.717, 1.165) is 0 Å². The van der Waals surface area contributed by atoms with Crippen LogP contribution in [-0.2, 0) is 5.54 Å². The normalized spacial score (nSPS) is 18.1. The van der Waals surface area contributed by atoms with E-state index in [0.29, 0.717) is 6.04 Å². The van der Waals surface area contributed by atoms with Gasteiger partial charge in [0.05, 0.1) is 0 Å². The third kappa shape index (κ3) is 2.42. The highest BCUT2D eigenvalue weighted by molar-refractivity contribution is 5.81. The van der Waals surface area contributed by atoms with Crippen LogP contribution in [0.2, 0.25) is 0 Å². The molecule has 2 aromatic rings. The zero-order valence-electron chi connectivity index (χ0n) is 12.0. The van der Waals surface area contributed by atoms with Crippen LogP contribution in [0, 0.1) is 0 Å². The molecule has 2 N–H and O–H groups in total. The molecule has 1 aliphatic rings. The Bertz CT molecular complexity index is 568. The largest absolute Gasteiger partial charge is 0.344 e. The average Bonchev–Trinajstić information content (AvgIpc) is 2.81. The number of hydrogen-bond acceptors (Lipinski definition) is 1. The van der Waals surface area contributed by atoms with Crippen LogP contribution in [0.25, 0.3) is 10.9 Å². The second-order valence-electron chi connectivity index (χ2n) is 6.51. The van der Waals surface area contributed by atoms with Gasteiger partial charge in [0.1, 0.15) is 0 Å². The molecule has 0 atom stereocenters. The van der Waals surface area contributed by atoms with Gasteiger partial charge in [-0.1, -0.05) is 31.4 Å². The minimum Gasteiger partial charge on any atom is -0.344 e. The van der Waals surface area contributed by atoms with Crippen molar-refractivity contribution in [1.82, 2.24) is 4.57 Å². The number of rotatable bonds is 2. The number of hydrogen-bond donors (Lipinski definition) is 1. The summed E-state index contributed by atoms with van der Waals surface area (Å²) >= 11 is 0. The van der Waals surface area contributed by atoms with Crippen LogP contribution >= 0.6 is 0 Å². The van der Waals surface area contributed by atoms with Crippen LogP contribution in [0.1, 0.15) is 57.6 Å². The number of fused-ring (bicyclic) bond motifs is 1. The minimum absolute atomic E-state index is 0.268. The Labute approximate surface area is 115 Å².